The van der Waals surface area contributed by atoms with E-state index >= 15 is 0 Å². The van der Waals surface area contributed by atoms with E-state index in [0.29, 0.717) is 12.8 Å². The molecule has 0 heterocycles. The Morgan fingerprint density at radius 3 is 2.54 bits per heavy atom. The summed E-state index contributed by atoms with van der Waals surface area (Å²) in [5, 5.41) is 12.0. The first-order valence-corrected chi connectivity index (χ1v) is 4.34. The molecule has 2 atom stereocenters. The van der Waals surface area contributed by atoms with Crippen LogP contribution in [0.5, 0.6) is 0 Å². The summed E-state index contributed by atoms with van der Waals surface area (Å²) in [6.07, 6.45) is -2.23. The summed E-state index contributed by atoms with van der Waals surface area (Å²) in [4.78, 5) is 0. The molecule has 78 valence electrons. The fourth-order valence-corrected chi connectivity index (χ4v) is 1.71. The standard InChI is InChI=1S/C8H14F3NO/c1-7(13)4-2-3-6(7)12-5-8(9,10)11/h6,12-13H,2-5H2,1H3. The van der Waals surface area contributed by atoms with Gasteiger partial charge in [-0.3, -0.25) is 0 Å². The molecule has 0 bridgehead atoms. The third-order valence-corrected chi connectivity index (χ3v) is 2.48. The summed E-state index contributed by atoms with van der Waals surface area (Å²) in [5.41, 5.74) is -0.981. The Morgan fingerprint density at radius 2 is 2.15 bits per heavy atom. The van der Waals surface area contributed by atoms with E-state index in [2.05, 4.69) is 5.32 Å². The van der Waals surface area contributed by atoms with E-state index in [4.69, 9.17) is 0 Å². The first-order chi connectivity index (χ1) is 5.81. The Bertz CT molecular complexity index is 179. The lowest BCUT2D eigenvalue weighted by atomic mass is 10.0. The molecule has 1 fully saturated rings. The Balaban J connectivity index is 2.37. The minimum Gasteiger partial charge on any atom is -0.389 e. The van der Waals surface area contributed by atoms with Crippen molar-refractivity contribution in [1.29, 1.82) is 0 Å². The van der Waals surface area contributed by atoms with E-state index < -0.39 is 24.4 Å². The number of nitrogens with one attached hydrogen (secondary N) is 1. The van der Waals surface area contributed by atoms with Crippen molar-refractivity contribution >= 4 is 0 Å². The van der Waals surface area contributed by atoms with Crippen molar-refractivity contribution < 1.29 is 18.3 Å². The summed E-state index contributed by atoms with van der Waals surface area (Å²) in [5.74, 6) is 0. The van der Waals surface area contributed by atoms with Crippen LogP contribution in [0.15, 0.2) is 0 Å². The molecule has 0 aromatic carbocycles. The van der Waals surface area contributed by atoms with Crippen LogP contribution in [0.2, 0.25) is 0 Å². The number of aliphatic hydroxyl groups is 1. The van der Waals surface area contributed by atoms with Crippen molar-refractivity contribution in [3.63, 3.8) is 0 Å². The second kappa shape index (κ2) is 3.46. The van der Waals surface area contributed by atoms with Gasteiger partial charge in [0.1, 0.15) is 0 Å². The predicted molar refractivity (Wildman–Crippen MR) is 42.3 cm³/mol. The Labute approximate surface area is 75.1 Å². The van der Waals surface area contributed by atoms with Crippen LogP contribution in [-0.4, -0.2) is 29.5 Å². The lowest BCUT2D eigenvalue weighted by Crippen LogP contribution is -2.47. The predicted octanol–water partition coefficient (Wildman–Crippen LogP) is 1.44. The summed E-state index contributed by atoms with van der Waals surface area (Å²) >= 11 is 0. The zero-order chi connectivity index (χ0) is 10.1. The van der Waals surface area contributed by atoms with Crippen LogP contribution in [0.4, 0.5) is 13.2 Å². The number of rotatable bonds is 2. The van der Waals surface area contributed by atoms with Gasteiger partial charge in [0.15, 0.2) is 0 Å². The first kappa shape index (κ1) is 10.8. The molecular formula is C8H14F3NO. The summed E-state index contributed by atoms with van der Waals surface area (Å²) in [7, 11) is 0. The summed E-state index contributed by atoms with van der Waals surface area (Å²) in [6.45, 7) is 0.557. The highest BCUT2D eigenvalue weighted by molar-refractivity contribution is 4.93. The van der Waals surface area contributed by atoms with Crippen LogP contribution in [0.1, 0.15) is 26.2 Å². The highest BCUT2D eigenvalue weighted by atomic mass is 19.4. The number of hydrogen-bond donors (Lipinski definition) is 2. The van der Waals surface area contributed by atoms with E-state index in [0.717, 1.165) is 6.42 Å². The van der Waals surface area contributed by atoms with Crippen molar-refractivity contribution in [2.45, 2.75) is 44.0 Å². The second-order valence-corrected chi connectivity index (χ2v) is 3.80. The molecule has 1 saturated carbocycles. The van der Waals surface area contributed by atoms with Crippen LogP contribution >= 0.6 is 0 Å². The quantitative estimate of drug-likeness (QED) is 0.702. The topological polar surface area (TPSA) is 32.3 Å². The molecule has 1 aliphatic rings. The molecular weight excluding hydrogens is 183 g/mol. The van der Waals surface area contributed by atoms with Gasteiger partial charge in [0.05, 0.1) is 12.1 Å². The highest BCUT2D eigenvalue weighted by Gasteiger charge is 2.38. The fraction of sp³-hybridized carbons (Fsp3) is 1.00. The molecule has 1 aliphatic carbocycles. The van der Waals surface area contributed by atoms with Crippen molar-refractivity contribution in [2.75, 3.05) is 6.54 Å². The van der Waals surface area contributed by atoms with Gasteiger partial charge in [-0.05, 0) is 26.2 Å². The number of hydrogen-bond acceptors (Lipinski definition) is 2. The fourth-order valence-electron chi connectivity index (χ4n) is 1.71. The van der Waals surface area contributed by atoms with Gasteiger partial charge in [-0.25, -0.2) is 0 Å². The third-order valence-electron chi connectivity index (χ3n) is 2.48. The maximum absolute atomic E-state index is 11.8. The van der Waals surface area contributed by atoms with Gasteiger partial charge in [-0.2, -0.15) is 13.2 Å². The van der Waals surface area contributed by atoms with Crippen molar-refractivity contribution in [1.82, 2.24) is 5.32 Å². The molecule has 5 heteroatoms. The van der Waals surface area contributed by atoms with Gasteiger partial charge in [-0.1, -0.05) is 0 Å². The van der Waals surface area contributed by atoms with Crippen molar-refractivity contribution in [2.24, 2.45) is 0 Å². The molecule has 2 N–H and O–H groups in total. The van der Waals surface area contributed by atoms with Gasteiger partial charge < -0.3 is 10.4 Å². The molecule has 1 rings (SSSR count). The first-order valence-electron chi connectivity index (χ1n) is 4.34. The van der Waals surface area contributed by atoms with E-state index in [1.54, 1.807) is 6.92 Å². The Kier molecular flexibility index (Phi) is 2.87. The van der Waals surface area contributed by atoms with Crippen LogP contribution < -0.4 is 5.32 Å². The number of alkyl halides is 3. The van der Waals surface area contributed by atoms with Gasteiger partial charge in [-0.15, -0.1) is 0 Å². The summed E-state index contributed by atoms with van der Waals surface area (Å²) < 4.78 is 35.5. The maximum Gasteiger partial charge on any atom is 0.401 e. The van der Waals surface area contributed by atoms with E-state index in [-0.39, 0.29) is 0 Å². The second-order valence-electron chi connectivity index (χ2n) is 3.80. The van der Waals surface area contributed by atoms with Crippen molar-refractivity contribution in [3.8, 4) is 0 Å². The van der Waals surface area contributed by atoms with E-state index in [9.17, 15) is 18.3 Å². The third kappa shape index (κ3) is 3.15. The largest absolute Gasteiger partial charge is 0.401 e. The molecule has 13 heavy (non-hydrogen) atoms. The minimum atomic E-state index is -4.20. The molecule has 0 aromatic rings. The molecule has 0 aliphatic heterocycles. The van der Waals surface area contributed by atoms with Crippen LogP contribution in [-0.2, 0) is 0 Å². The SMILES string of the molecule is CC1(O)CCCC1NCC(F)(F)F. The molecule has 0 amide bonds. The van der Waals surface area contributed by atoms with Gasteiger partial charge in [0.25, 0.3) is 0 Å². The van der Waals surface area contributed by atoms with Crippen LogP contribution in [0, 0.1) is 0 Å². The smallest absolute Gasteiger partial charge is 0.389 e. The minimum absolute atomic E-state index is 0.422. The van der Waals surface area contributed by atoms with Gasteiger partial charge in [0.2, 0.25) is 0 Å². The zero-order valence-electron chi connectivity index (χ0n) is 7.49. The lowest BCUT2D eigenvalue weighted by molar-refractivity contribution is -0.129. The van der Waals surface area contributed by atoms with E-state index in [1.165, 1.54) is 0 Å². The Hall–Kier alpha value is -0.290. The Morgan fingerprint density at radius 1 is 1.54 bits per heavy atom. The maximum atomic E-state index is 11.8. The molecule has 0 aromatic heterocycles. The van der Waals surface area contributed by atoms with Gasteiger partial charge in [0, 0.05) is 6.04 Å². The van der Waals surface area contributed by atoms with Gasteiger partial charge >= 0.3 is 6.18 Å². The molecule has 0 radical (unpaired) electrons. The van der Waals surface area contributed by atoms with E-state index in [1.807, 2.05) is 0 Å². The number of halogens is 3. The lowest BCUT2D eigenvalue weighted by Gasteiger charge is -2.26. The van der Waals surface area contributed by atoms with Crippen LogP contribution in [0.3, 0.4) is 0 Å². The average Bonchev–Trinajstić information content (AvgIpc) is 2.23. The highest BCUT2D eigenvalue weighted by Crippen LogP contribution is 2.29. The molecule has 0 saturated heterocycles. The molecule has 2 unspecified atom stereocenters. The molecule has 0 spiro atoms. The zero-order valence-corrected chi connectivity index (χ0v) is 7.49. The monoisotopic (exact) mass is 197 g/mol. The average molecular weight is 197 g/mol. The molecule has 2 nitrogen and oxygen atoms in total. The summed E-state index contributed by atoms with van der Waals surface area (Å²) in [6, 6.07) is -0.422. The van der Waals surface area contributed by atoms with Crippen molar-refractivity contribution in [3.05, 3.63) is 0 Å². The normalized spacial score (nSPS) is 35.3. The van der Waals surface area contributed by atoms with Crippen LogP contribution in [0.25, 0.3) is 0 Å².